The summed E-state index contributed by atoms with van der Waals surface area (Å²) >= 11 is 0. The van der Waals surface area contributed by atoms with Crippen LogP contribution in [0.2, 0.25) is 0 Å². The second-order valence-electron chi connectivity index (χ2n) is 6.79. The molecule has 0 atom stereocenters. The number of piperazine rings is 1. The van der Waals surface area contributed by atoms with Crippen LogP contribution >= 0.6 is 0 Å². The SMILES string of the molecule is CC(C)(C)CC(=O)N1CCN(CC(=O)c2ccco2)CC1. The first-order valence-corrected chi connectivity index (χ1v) is 7.42. The van der Waals surface area contributed by atoms with Crippen LogP contribution in [0, 0.1) is 5.41 Å². The highest BCUT2D eigenvalue weighted by atomic mass is 16.3. The van der Waals surface area contributed by atoms with E-state index in [1.165, 1.54) is 6.26 Å². The van der Waals surface area contributed by atoms with Crippen LogP contribution in [0.5, 0.6) is 0 Å². The van der Waals surface area contributed by atoms with Crippen LogP contribution in [0.3, 0.4) is 0 Å². The predicted octanol–water partition coefficient (Wildman–Crippen LogP) is 2.04. The van der Waals surface area contributed by atoms with Crippen LogP contribution in [0.1, 0.15) is 37.7 Å². The minimum Gasteiger partial charge on any atom is -0.461 e. The van der Waals surface area contributed by atoms with E-state index in [9.17, 15) is 9.59 Å². The zero-order valence-corrected chi connectivity index (χ0v) is 13.1. The van der Waals surface area contributed by atoms with E-state index >= 15 is 0 Å². The minimum absolute atomic E-state index is 0.00512. The maximum atomic E-state index is 12.2. The van der Waals surface area contributed by atoms with Crippen molar-refractivity contribution < 1.29 is 14.0 Å². The molecule has 0 unspecified atom stereocenters. The van der Waals surface area contributed by atoms with Gasteiger partial charge in [-0.25, -0.2) is 0 Å². The number of amides is 1. The van der Waals surface area contributed by atoms with E-state index in [2.05, 4.69) is 25.7 Å². The van der Waals surface area contributed by atoms with Crippen molar-refractivity contribution >= 4 is 11.7 Å². The van der Waals surface area contributed by atoms with Crippen LogP contribution in [-0.2, 0) is 4.79 Å². The molecule has 21 heavy (non-hydrogen) atoms. The summed E-state index contributed by atoms with van der Waals surface area (Å²) in [6.45, 7) is 9.44. The number of rotatable bonds is 4. The Labute approximate surface area is 125 Å². The molecule has 1 aromatic rings. The fourth-order valence-corrected chi connectivity index (χ4v) is 2.44. The van der Waals surface area contributed by atoms with Crippen molar-refractivity contribution in [2.24, 2.45) is 5.41 Å². The Morgan fingerprint density at radius 3 is 2.38 bits per heavy atom. The Bertz CT molecular complexity index is 480. The fourth-order valence-electron chi connectivity index (χ4n) is 2.44. The molecule has 5 nitrogen and oxygen atoms in total. The third-order valence-electron chi connectivity index (χ3n) is 3.57. The predicted molar refractivity (Wildman–Crippen MR) is 80.1 cm³/mol. The topological polar surface area (TPSA) is 53.8 Å². The molecule has 1 amide bonds. The highest BCUT2D eigenvalue weighted by Crippen LogP contribution is 2.20. The van der Waals surface area contributed by atoms with E-state index in [0.717, 1.165) is 13.1 Å². The van der Waals surface area contributed by atoms with Gasteiger partial charge in [0.15, 0.2) is 5.76 Å². The molecule has 0 spiro atoms. The Hall–Kier alpha value is -1.62. The average Bonchev–Trinajstić information content (AvgIpc) is 2.91. The van der Waals surface area contributed by atoms with Gasteiger partial charge in [-0.1, -0.05) is 20.8 Å². The van der Waals surface area contributed by atoms with Crippen molar-refractivity contribution in [3.05, 3.63) is 24.2 Å². The van der Waals surface area contributed by atoms with Crippen molar-refractivity contribution in [2.45, 2.75) is 27.2 Å². The average molecular weight is 292 g/mol. The molecule has 1 aliphatic rings. The third kappa shape index (κ3) is 4.70. The van der Waals surface area contributed by atoms with Gasteiger partial charge in [-0.2, -0.15) is 0 Å². The lowest BCUT2D eigenvalue weighted by molar-refractivity contribution is -0.134. The van der Waals surface area contributed by atoms with E-state index in [-0.39, 0.29) is 17.1 Å². The molecule has 0 bridgehead atoms. The van der Waals surface area contributed by atoms with E-state index in [0.29, 0.717) is 31.8 Å². The van der Waals surface area contributed by atoms with Crippen LogP contribution in [0.25, 0.3) is 0 Å². The summed E-state index contributed by atoms with van der Waals surface area (Å²) in [5.74, 6) is 0.607. The van der Waals surface area contributed by atoms with Crippen molar-refractivity contribution in [3.8, 4) is 0 Å². The molecule has 1 aromatic heterocycles. The van der Waals surface area contributed by atoms with Gasteiger partial charge < -0.3 is 9.32 Å². The number of hydrogen-bond acceptors (Lipinski definition) is 4. The quantitative estimate of drug-likeness (QED) is 0.797. The summed E-state index contributed by atoms with van der Waals surface area (Å²) in [5.41, 5.74) is 0.0173. The monoisotopic (exact) mass is 292 g/mol. The summed E-state index contributed by atoms with van der Waals surface area (Å²) in [5, 5.41) is 0. The van der Waals surface area contributed by atoms with Gasteiger partial charge in [-0.15, -0.1) is 0 Å². The molecular formula is C16H24N2O3. The maximum absolute atomic E-state index is 12.2. The lowest BCUT2D eigenvalue weighted by Gasteiger charge is -2.35. The van der Waals surface area contributed by atoms with Crippen LogP contribution in [0.4, 0.5) is 0 Å². The van der Waals surface area contributed by atoms with E-state index in [4.69, 9.17) is 4.42 Å². The molecule has 116 valence electrons. The van der Waals surface area contributed by atoms with Crippen molar-refractivity contribution in [3.63, 3.8) is 0 Å². The summed E-state index contributed by atoms with van der Waals surface area (Å²) in [4.78, 5) is 28.1. The number of carbonyl (C=O) groups excluding carboxylic acids is 2. The maximum Gasteiger partial charge on any atom is 0.223 e. The number of ketones is 1. The Morgan fingerprint density at radius 1 is 1.19 bits per heavy atom. The number of nitrogens with zero attached hydrogens (tertiary/aromatic N) is 2. The van der Waals surface area contributed by atoms with Gasteiger partial charge >= 0.3 is 0 Å². The molecule has 0 radical (unpaired) electrons. The van der Waals surface area contributed by atoms with Crippen molar-refractivity contribution in [1.29, 1.82) is 0 Å². The largest absolute Gasteiger partial charge is 0.461 e. The summed E-state index contributed by atoms with van der Waals surface area (Å²) in [6, 6.07) is 3.40. The Balaban J connectivity index is 1.78. The van der Waals surface area contributed by atoms with Gasteiger partial charge in [0.25, 0.3) is 0 Å². The van der Waals surface area contributed by atoms with Crippen molar-refractivity contribution in [1.82, 2.24) is 9.80 Å². The molecule has 0 aromatic carbocycles. The van der Waals surface area contributed by atoms with Gasteiger partial charge in [0.1, 0.15) is 0 Å². The fraction of sp³-hybridized carbons (Fsp3) is 0.625. The zero-order chi connectivity index (χ0) is 15.5. The number of furan rings is 1. The smallest absolute Gasteiger partial charge is 0.223 e. The molecular weight excluding hydrogens is 268 g/mol. The van der Waals surface area contributed by atoms with Gasteiger partial charge in [-0.05, 0) is 17.5 Å². The lowest BCUT2D eigenvalue weighted by atomic mass is 9.91. The van der Waals surface area contributed by atoms with Gasteiger partial charge in [-0.3, -0.25) is 14.5 Å². The summed E-state index contributed by atoms with van der Waals surface area (Å²) < 4.78 is 5.11. The molecule has 0 aliphatic carbocycles. The first kappa shape index (κ1) is 15.8. The lowest BCUT2D eigenvalue weighted by Crippen LogP contribution is -2.50. The number of hydrogen-bond donors (Lipinski definition) is 0. The second-order valence-corrected chi connectivity index (χ2v) is 6.79. The Kier molecular flexibility index (Phi) is 4.83. The van der Waals surface area contributed by atoms with Gasteiger partial charge in [0.2, 0.25) is 11.7 Å². The second kappa shape index (κ2) is 6.43. The van der Waals surface area contributed by atoms with Crippen LogP contribution in [-0.4, -0.2) is 54.2 Å². The molecule has 1 aliphatic heterocycles. The number of carbonyl (C=O) groups is 2. The van der Waals surface area contributed by atoms with Crippen molar-refractivity contribution in [2.75, 3.05) is 32.7 Å². The third-order valence-corrected chi connectivity index (χ3v) is 3.57. The van der Waals surface area contributed by atoms with E-state index in [1.54, 1.807) is 12.1 Å². The Morgan fingerprint density at radius 2 is 1.86 bits per heavy atom. The normalized spacial score (nSPS) is 17.0. The van der Waals surface area contributed by atoms with Crippen LogP contribution in [0.15, 0.2) is 22.8 Å². The molecule has 2 heterocycles. The summed E-state index contributed by atoms with van der Waals surface area (Å²) in [6.07, 6.45) is 2.08. The molecule has 0 saturated carbocycles. The van der Waals surface area contributed by atoms with Gasteiger partial charge in [0.05, 0.1) is 12.8 Å². The molecule has 1 saturated heterocycles. The summed E-state index contributed by atoms with van der Waals surface area (Å²) in [7, 11) is 0. The standard InChI is InChI=1S/C16H24N2O3/c1-16(2,3)11-15(20)18-8-6-17(7-9-18)12-13(19)14-5-4-10-21-14/h4-5,10H,6-9,11-12H2,1-3H3. The minimum atomic E-state index is -0.00512. The zero-order valence-electron chi connectivity index (χ0n) is 13.1. The number of Topliss-reactive ketones (excluding diaryl/α,β-unsaturated/α-hetero) is 1. The van der Waals surface area contributed by atoms with E-state index in [1.807, 2.05) is 4.90 Å². The van der Waals surface area contributed by atoms with Gasteiger partial charge in [0, 0.05) is 32.6 Å². The van der Waals surface area contributed by atoms with Crippen LogP contribution < -0.4 is 0 Å². The molecule has 1 fully saturated rings. The molecule has 5 heteroatoms. The highest BCUT2D eigenvalue weighted by molar-refractivity contribution is 5.95. The molecule has 0 N–H and O–H groups in total. The van der Waals surface area contributed by atoms with E-state index < -0.39 is 0 Å². The molecule has 2 rings (SSSR count). The first-order valence-electron chi connectivity index (χ1n) is 7.42. The first-order chi connectivity index (χ1) is 9.85. The highest BCUT2D eigenvalue weighted by Gasteiger charge is 2.25.